The van der Waals surface area contributed by atoms with E-state index in [1.54, 1.807) is 0 Å². The van der Waals surface area contributed by atoms with Crippen LogP contribution in [0.15, 0.2) is 42.5 Å². The summed E-state index contributed by atoms with van der Waals surface area (Å²) < 4.78 is 5.53. The summed E-state index contributed by atoms with van der Waals surface area (Å²) in [5.41, 5.74) is 1.87. The van der Waals surface area contributed by atoms with Crippen LogP contribution in [0.25, 0.3) is 0 Å². The Morgan fingerprint density at radius 1 is 1.28 bits per heavy atom. The number of benzene rings is 1. The predicted octanol–water partition coefficient (Wildman–Crippen LogP) is 5.22. The van der Waals surface area contributed by atoms with Crippen LogP contribution in [-0.2, 0) is 4.74 Å². The molecule has 1 saturated heterocycles. The maximum atomic E-state index is 12.4. The Morgan fingerprint density at radius 3 is 2.68 bits per heavy atom. The van der Waals surface area contributed by atoms with Crippen LogP contribution in [0.2, 0.25) is 0 Å². The molecule has 138 valence electrons. The van der Waals surface area contributed by atoms with Gasteiger partial charge in [0.25, 0.3) is 0 Å². The summed E-state index contributed by atoms with van der Waals surface area (Å²) in [7, 11) is 0. The fourth-order valence-electron chi connectivity index (χ4n) is 3.16. The van der Waals surface area contributed by atoms with Crippen LogP contribution < -0.4 is 5.32 Å². The smallest absolute Gasteiger partial charge is 0.410 e. The maximum Gasteiger partial charge on any atom is 0.410 e. The van der Waals surface area contributed by atoms with Crippen LogP contribution in [0.1, 0.15) is 52.9 Å². The molecule has 2 rings (SSSR count). The monoisotopic (exact) mass is 344 g/mol. The van der Waals surface area contributed by atoms with E-state index in [9.17, 15) is 4.79 Å². The molecule has 1 N–H and O–H groups in total. The van der Waals surface area contributed by atoms with Gasteiger partial charge in [-0.2, -0.15) is 0 Å². The van der Waals surface area contributed by atoms with Gasteiger partial charge in [0.1, 0.15) is 5.60 Å². The molecule has 0 bridgehead atoms. The number of rotatable bonds is 7. The Kier molecular flexibility index (Phi) is 6.91. The van der Waals surface area contributed by atoms with Gasteiger partial charge in [-0.05, 0) is 65.0 Å². The molecule has 1 atom stereocenters. The molecule has 0 radical (unpaired) electrons. The van der Waals surface area contributed by atoms with Gasteiger partial charge in [0.2, 0.25) is 0 Å². The minimum absolute atomic E-state index is 0.136. The van der Waals surface area contributed by atoms with Crippen molar-refractivity contribution in [1.29, 1.82) is 0 Å². The van der Waals surface area contributed by atoms with Gasteiger partial charge in [-0.25, -0.2) is 4.79 Å². The third-order valence-electron chi connectivity index (χ3n) is 4.38. The lowest BCUT2D eigenvalue weighted by atomic mass is 10.0. The predicted molar refractivity (Wildman–Crippen MR) is 104 cm³/mol. The molecule has 4 nitrogen and oxygen atoms in total. The van der Waals surface area contributed by atoms with Crippen LogP contribution in [-0.4, -0.2) is 35.7 Å². The molecule has 0 unspecified atom stereocenters. The van der Waals surface area contributed by atoms with Crippen molar-refractivity contribution in [3.8, 4) is 0 Å². The van der Waals surface area contributed by atoms with Gasteiger partial charge in [-0.15, -0.1) is 0 Å². The molecule has 1 aliphatic heterocycles. The highest BCUT2D eigenvalue weighted by molar-refractivity contribution is 5.69. The molecule has 1 heterocycles. The summed E-state index contributed by atoms with van der Waals surface area (Å²) in [5.74, 6) is 0. The van der Waals surface area contributed by atoms with E-state index in [1.165, 1.54) is 0 Å². The molecule has 1 amide bonds. The number of carbonyl (C=O) groups excluding carboxylic acids is 1. The Balaban J connectivity index is 1.71. The molecule has 0 aromatic heterocycles. The van der Waals surface area contributed by atoms with Crippen molar-refractivity contribution in [2.45, 2.75) is 64.5 Å². The van der Waals surface area contributed by atoms with E-state index in [2.05, 4.69) is 24.0 Å². The largest absolute Gasteiger partial charge is 0.444 e. The van der Waals surface area contributed by atoms with Crippen molar-refractivity contribution in [2.24, 2.45) is 0 Å². The standard InChI is InChI=1S/C21H32N2O2/c1-17(11-8-9-15-22-18-12-6-5-7-13-18)19-14-10-16-23(19)20(24)25-21(2,3)4/h5-7,12-13,19,22H,1,8-11,14-16H2,2-4H3/t19-/m0/s1. The zero-order valence-corrected chi connectivity index (χ0v) is 15.9. The number of hydrogen-bond donors (Lipinski definition) is 1. The maximum absolute atomic E-state index is 12.4. The summed E-state index contributed by atoms with van der Waals surface area (Å²) in [4.78, 5) is 14.2. The average molecular weight is 344 g/mol. The third kappa shape index (κ3) is 6.45. The van der Waals surface area contributed by atoms with E-state index in [4.69, 9.17) is 4.74 Å². The lowest BCUT2D eigenvalue weighted by Gasteiger charge is -2.29. The highest BCUT2D eigenvalue weighted by Gasteiger charge is 2.33. The van der Waals surface area contributed by atoms with Gasteiger partial charge in [-0.1, -0.05) is 30.4 Å². The zero-order chi connectivity index (χ0) is 18.3. The lowest BCUT2D eigenvalue weighted by Crippen LogP contribution is -2.40. The Bertz CT molecular complexity index is 563. The molecule has 1 aliphatic rings. The third-order valence-corrected chi connectivity index (χ3v) is 4.38. The zero-order valence-electron chi connectivity index (χ0n) is 15.9. The first-order valence-electron chi connectivity index (χ1n) is 9.33. The van der Waals surface area contributed by atoms with Crippen molar-refractivity contribution in [3.05, 3.63) is 42.5 Å². The molecule has 4 heteroatoms. The first-order chi connectivity index (χ1) is 11.9. The number of amides is 1. The average Bonchev–Trinajstić information content (AvgIpc) is 3.03. The lowest BCUT2D eigenvalue weighted by molar-refractivity contribution is 0.0247. The number of nitrogens with zero attached hydrogens (tertiary/aromatic N) is 1. The van der Waals surface area contributed by atoms with E-state index < -0.39 is 5.60 Å². The van der Waals surface area contributed by atoms with E-state index in [-0.39, 0.29) is 12.1 Å². The second-order valence-corrected chi connectivity index (χ2v) is 7.74. The van der Waals surface area contributed by atoms with Crippen LogP contribution in [0.5, 0.6) is 0 Å². The molecule has 0 saturated carbocycles. The minimum atomic E-state index is -0.450. The van der Waals surface area contributed by atoms with Crippen molar-refractivity contribution in [2.75, 3.05) is 18.4 Å². The molecule has 0 spiro atoms. The Morgan fingerprint density at radius 2 is 2.00 bits per heavy atom. The Labute approximate surface area is 152 Å². The van der Waals surface area contributed by atoms with Gasteiger partial charge in [-0.3, -0.25) is 0 Å². The van der Waals surface area contributed by atoms with E-state index in [0.29, 0.717) is 0 Å². The fraction of sp³-hybridized carbons (Fsp3) is 0.571. The van der Waals surface area contributed by atoms with E-state index in [0.717, 1.165) is 56.5 Å². The second kappa shape index (κ2) is 8.93. The number of nitrogens with one attached hydrogen (secondary N) is 1. The van der Waals surface area contributed by atoms with E-state index in [1.807, 2.05) is 43.9 Å². The fourth-order valence-corrected chi connectivity index (χ4v) is 3.16. The molecule has 0 aliphatic carbocycles. The summed E-state index contributed by atoms with van der Waals surface area (Å²) >= 11 is 0. The van der Waals surface area contributed by atoms with Crippen molar-refractivity contribution < 1.29 is 9.53 Å². The number of hydrogen-bond acceptors (Lipinski definition) is 3. The van der Waals surface area contributed by atoms with Gasteiger partial charge in [0.05, 0.1) is 6.04 Å². The molecule has 1 aromatic rings. The van der Waals surface area contributed by atoms with E-state index >= 15 is 0 Å². The summed E-state index contributed by atoms with van der Waals surface area (Å²) in [6.07, 6.45) is 4.95. The topological polar surface area (TPSA) is 41.6 Å². The first kappa shape index (κ1) is 19.4. The van der Waals surface area contributed by atoms with Crippen molar-refractivity contribution in [3.63, 3.8) is 0 Å². The molecule has 1 fully saturated rings. The van der Waals surface area contributed by atoms with Crippen molar-refractivity contribution in [1.82, 2.24) is 4.90 Å². The highest BCUT2D eigenvalue weighted by Crippen LogP contribution is 2.27. The number of likely N-dealkylation sites (tertiary alicyclic amines) is 1. The molecular formula is C21H32N2O2. The van der Waals surface area contributed by atoms with Crippen molar-refractivity contribution >= 4 is 11.8 Å². The van der Waals surface area contributed by atoms with Crippen LogP contribution in [0.4, 0.5) is 10.5 Å². The number of anilines is 1. The quantitative estimate of drug-likeness (QED) is 0.544. The number of para-hydroxylation sites is 1. The van der Waals surface area contributed by atoms with Gasteiger partial charge in [0, 0.05) is 18.8 Å². The second-order valence-electron chi connectivity index (χ2n) is 7.74. The summed E-state index contributed by atoms with van der Waals surface area (Å²) in [6, 6.07) is 10.4. The van der Waals surface area contributed by atoms with Gasteiger partial charge >= 0.3 is 6.09 Å². The number of carbonyl (C=O) groups is 1. The van der Waals surface area contributed by atoms with Crippen LogP contribution >= 0.6 is 0 Å². The normalized spacial score (nSPS) is 17.4. The SMILES string of the molecule is C=C(CCCCNc1ccccc1)[C@@H]1CCCN1C(=O)OC(C)(C)C. The molecule has 1 aromatic carbocycles. The van der Waals surface area contributed by atoms with Crippen LogP contribution in [0, 0.1) is 0 Å². The van der Waals surface area contributed by atoms with Gasteiger partial charge in [0.15, 0.2) is 0 Å². The molecule has 25 heavy (non-hydrogen) atoms. The summed E-state index contributed by atoms with van der Waals surface area (Å²) in [5, 5.41) is 3.43. The number of unbranched alkanes of at least 4 members (excludes halogenated alkanes) is 1. The minimum Gasteiger partial charge on any atom is -0.444 e. The van der Waals surface area contributed by atoms with Crippen LogP contribution in [0.3, 0.4) is 0 Å². The highest BCUT2D eigenvalue weighted by atomic mass is 16.6. The first-order valence-corrected chi connectivity index (χ1v) is 9.33. The summed E-state index contributed by atoms with van der Waals surface area (Å²) in [6.45, 7) is 11.7. The Hall–Kier alpha value is -1.97. The molecular weight excluding hydrogens is 312 g/mol. The van der Waals surface area contributed by atoms with Gasteiger partial charge < -0.3 is 15.0 Å². The number of ether oxygens (including phenoxy) is 1.